The molecule has 1 aromatic heterocycles. The monoisotopic (exact) mass is 184 g/mol. The molecule has 0 aliphatic heterocycles. The summed E-state index contributed by atoms with van der Waals surface area (Å²) in [5.41, 5.74) is 8.44. The Bertz CT molecular complexity index is 481. The van der Waals surface area contributed by atoms with Crippen LogP contribution in [0.15, 0.2) is 36.5 Å². The normalized spacial score (nSPS) is 18.4. The molecule has 0 unspecified atom stereocenters. The molecule has 1 heterocycles. The smallest absolute Gasteiger partial charge is 0.0705 e. The van der Waals surface area contributed by atoms with Crippen molar-refractivity contribution in [1.29, 1.82) is 0 Å². The van der Waals surface area contributed by atoms with Crippen LogP contribution in [-0.4, -0.2) is 4.98 Å². The van der Waals surface area contributed by atoms with Gasteiger partial charge < -0.3 is 5.73 Å². The van der Waals surface area contributed by atoms with Crippen molar-refractivity contribution in [2.45, 2.75) is 18.4 Å². The first kappa shape index (κ1) is 7.94. The van der Waals surface area contributed by atoms with Gasteiger partial charge in [-0.2, -0.15) is 0 Å². The summed E-state index contributed by atoms with van der Waals surface area (Å²) in [6, 6.07) is 10.3. The zero-order valence-electron chi connectivity index (χ0n) is 7.90. The quantitative estimate of drug-likeness (QED) is 0.737. The lowest BCUT2D eigenvalue weighted by Crippen LogP contribution is -2.18. The van der Waals surface area contributed by atoms with Gasteiger partial charge in [0.15, 0.2) is 0 Å². The molecular formula is C12H12N2. The number of aromatic nitrogens is 1. The predicted molar refractivity (Wildman–Crippen MR) is 56.8 cm³/mol. The van der Waals surface area contributed by atoms with Crippen molar-refractivity contribution in [3.8, 4) is 0 Å². The minimum Gasteiger partial charge on any atom is -0.321 e. The fourth-order valence-corrected chi connectivity index (χ4v) is 1.94. The van der Waals surface area contributed by atoms with Crippen LogP contribution in [0, 0.1) is 0 Å². The number of rotatable bonds is 1. The van der Waals surface area contributed by atoms with Gasteiger partial charge in [-0.15, -0.1) is 0 Å². The van der Waals surface area contributed by atoms with Gasteiger partial charge in [0.25, 0.3) is 0 Å². The fourth-order valence-electron chi connectivity index (χ4n) is 1.94. The second-order valence-corrected chi connectivity index (χ2v) is 4.03. The summed E-state index contributed by atoms with van der Waals surface area (Å²) in [7, 11) is 0. The van der Waals surface area contributed by atoms with Crippen molar-refractivity contribution in [3.63, 3.8) is 0 Å². The van der Waals surface area contributed by atoms with Gasteiger partial charge in [0, 0.05) is 17.1 Å². The van der Waals surface area contributed by atoms with Gasteiger partial charge in [0.1, 0.15) is 0 Å². The molecule has 0 amide bonds. The van der Waals surface area contributed by atoms with Crippen LogP contribution in [0.25, 0.3) is 10.9 Å². The summed E-state index contributed by atoms with van der Waals surface area (Å²) in [6.07, 6.45) is 4.02. The number of hydrogen-bond acceptors (Lipinski definition) is 2. The van der Waals surface area contributed by atoms with E-state index in [2.05, 4.69) is 17.1 Å². The van der Waals surface area contributed by atoms with Crippen molar-refractivity contribution >= 4 is 10.9 Å². The van der Waals surface area contributed by atoms with E-state index in [0.717, 1.165) is 18.4 Å². The highest BCUT2D eigenvalue weighted by Crippen LogP contribution is 2.44. The molecule has 14 heavy (non-hydrogen) atoms. The summed E-state index contributed by atoms with van der Waals surface area (Å²) in [5.74, 6) is 0. The predicted octanol–water partition coefficient (Wildman–Crippen LogP) is 2.18. The van der Waals surface area contributed by atoms with Gasteiger partial charge in [-0.1, -0.05) is 18.2 Å². The van der Waals surface area contributed by atoms with Crippen molar-refractivity contribution in [2.24, 2.45) is 5.73 Å². The van der Waals surface area contributed by atoms with Crippen LogP contribution < -0.4 is 5.73 Å². The molecule has 1 saturated carbocycles. The Morgan fingerprint density at radius 3 is 2.79 bits per heavy atom. The highest BCUT2D eigenvalue weighted by molar-refractivity contribution is 5.83. The van der Waals surface area contributed by atoms with E-state index < -0.39 is 0 Å². The average molecular weight is 184 g/mol. The third-order valence-electron chi connectivity index (χ3n) is 2.97. The molecular weight excluding hydrogens is 172 g/mol. The second-order valence-electron chi connectivity index (χ2n) is 4.03. The summed E-state index contributed by atoms with van der Waals surface area (Å²) >= 11 is 0. The number of benzene rings is 1. The second kappa shape index (κ2) is 2.55. The largest absolute Gasteiger partial charge is 0.321 e. The summed E-state index contributed by atoms with van der Waals surface area (Å²) in [6.45, 7) is 0. The van der Waals surface area contributed by atoms with Gasteiger partial charge in [-0.25, -0.2) is 0 Å². The minimum atomic E-state index is -0.0669. The molecule has 0 saturated heterocycles. The third-order valence-corrected chi connectivity index (χ3v) is 2.97. The molecule has 2 N–H and O–H groups in total. The first-order valence-corrected chi connectivity index (χ1v) is 4.93. The van der Waals surface area contributed by atoms with E-state index in [1.54, 1.807) is 0 Å². The van der Waals surface area contributed by atoms with E-state index in [1.807, 2.05) is 24.4 Å². The maximum atomic E-state index is 6.21. The Morgan fingerprint density at radius 1 is 1.14 bits per heavy atom. The van der Waals surface area contributed by atoms with Gasteiger partial charge >= 0.3 is 0 Å². The van der Waals surface area contributed by atoms with Crippen molar-refractivity contribution in [1.82, 2.24) is 4.98 Å². The highest BCUT2D eigenvalue weighted by atomic mass is 14.8. The van der Waals surface area contributed by atoms with E-state index in [9.17, 15) is 0 Å². The van der Waals surface area contributed by atoms with Crippen LogP contribution in [0.2, 0.25) is 0 Å². The first-order chi connectivity index (χ1) is 6.80. The Morgan fingerprint density at radius 2 is 2.00 bits per heavy atom. The zero-order chi connectivity index (χ0) is 9.60. The van der Waals surface area contributed by atoms with E-state index in [-0.39, 0.29) is 5.54 Å². The van der Waals surface area contributed by atoms with E-state index >= 15 is 0 Å². The molecule has 0 atom stereocenters. The molecule has 2 aromatic rings. The summed E-state index contributed by atoms with van der Waals surface area (Å²) in [4.78, 5) is 4.33. The SMILES string of the molecule is NC1(c2cccc3ncccc23)CC1. The molecule has 1 aromatic carbocycles. The van der Waals surface area contributed by atoms with E-state index in [4.69, 9.17) is 5.73 Å². The molecule has 1 aliphatic carbocycles. The van der Waals surface area contributed by atoms with Crippen LogP contribution >= 0.6 is 0 Å². The van der Waals surface area contributed by atoms with Crippen molar-refractivity contribution in [3.05, 3.63) is 42.1 Å². The van der Waals surface area contributed by atoms with Gasteiger partial charge in [0.05, 0.1) is 5.52 Å². The lowest BCUT2D eigenvalue weighted by molar-refractivity contribution is 0.748. The number of hydrogen-bond donors (Lipinski definition) is 1. The van der Waals surface area contributed by atoms with Crippen molar-refractivity contribution in [2.75, 3.05) is 0 Å². The van der Waals surface area contributed by atoms with Crippen LogP contribution in [0.3, 0.4) is 0 Å². The highest BCUT2D eigenvalue weighted by Gasteiger charge is 2.40. The number of pyridine rings is 1. The van der Waals surface area contributed by atoms with E-state index in [1.165, 1.54) is 10.9 Å². The number of nitrogens with zero attached hydrogens (tertiary/aromatic N) is 1. The molecule has 2 nitrogen and oxygen atoms in total. The molecule has 1 aliphatic rings. The molecule has 0 spiro atoms. The maximum Gasteiger partial charge on any atom is 0.0705 e. The summed E-state index contributed by atoms with van der Waals surface area (Å²) < 4.78 is 0. The van der Waals surface area contributed by atoms with Crippen LogP contribution in [-0.2, 0) is 5.54 Å². The molecule has 2 heteroatoms. The number of nitrogens with two attached hydrogens (primary N) is 1. The molecule has 0 radical (unpaired) electrons. The molecule has 1 fully saturated rings. The maximum absolute atomic E-state index is 6.21. The standard InChI is InChI=1S/C12H12N2/c13-12(6-7-12)10-4-1-5-11-9(10)3-2-8-14-11/h1-5,8H,6-7,13H2. The zero-order valence-corrected chi connectivity index (χ0v) is 7.90. The van der Waals surface area contributed by atoms with Crippen LogP contribution in [0.5, 0.6) is 0 Å². The Balaban J connectivity index is 2.33. The lowest BCUT2D eigenvalue weighted by atomic mass is 10.0. The van der Waals surface area contributed by atoms with Crippen LogP contribution in [0.4, 0.5) is 0 Å². The third kappa shape index (κ3) is 1.04. The fraction of sp³-hybridized carbons (Fsp3) is 0.250. The first-order valence-electron chi connectivity index (χ1n) is 4.93. The Kier molecular flexibility index (Phi) is 1.45. The van der Waals surface area contributed by atoms with E-state index in [0.29, 0.717) is 0 Å². The topological polar surface area (TPSA) is 38.9 Å². The lowest BCUT2D eigenvalue weighted by Gasteiger charge is -2.11. The molecule has 70 valence electrons. The van der Waals surface area contributed by atoms with Crippen LogP contribution in [0.1, 0.15) is 18.4 Å². The Hall–Kier alpha value is -1.41. The average Bonchev–Trinajstić information content (AvgIpc) is 2.97. The molecule has 0 bridgehead atoms. The molecule has 3 rings (SSSR count). The van der Waals surface area contributed by atoms with Gasteiger partial charge in [-0.05, 0) is 30.5 Å². The van der Waals surface area contributed by atoms with Crippen molar-refractivity contribution < 1.29 is 0 Å². The minimum absolute atomic E-state index is 0.0669. The van der Waals surface area contributed by atoms with Gasteiger partial charge in [-0.3, -0.25) is 4.98 Å². The summed E-state index contributed by atoms with van der Waals surface area (Å²) in [5, 5.41) is 1.20. The van der Waals surface area contributed by atoms with Gasteiger partial charge in [0.2, 0.25) is 0 Å². The number of fused-ring (bicyclic) bond motifs is 1. The Labute approximate surface area is 82.8 Å².